The number of amides is 1. The number of carbonyl (C=O) groups is 1. The van der Waals surface area contributed by atoms with Crippen molar-refractivity contribution in [2.45, 2.75) is 45.6 Å². The summed E-state index contributed by atoms with van der Waals surface area (Å²) in [7, 11) is 0. The molecule has 1 N–H and O–H groups in total. The summed E-state index contributed by atoms with van der Waals surface area (Å²) in [5, 5.41) is 3.03. The number of rotatable bonds is 3. The topological polar surface area (TPSA) is 29.1 Å². The van der Waals surface area contributed by atoms with Crippen molar-refractivity contribution in [3.63, 3.8) is 0 Å². The first kappa shape index (κ1) is 12.2. The molecule has 0 spiro atoms. The minimum Gasteiger partial charge on any atom is -0.347 e. The summed E-state index contributed by atoms with van der Waals surface area (Å²) >= 11 is 0. The third-order valence-electron chi connectivity index (χ3n) is 2.96. The maximum atomic E-state index is 12.2. The van der Waals surface area contributed by atoms with Crippen molar-refractivity contribution in [1.29, 1.82) is 0 Å². The highest BCUT2D eigenvalue weighted by Crippen LogP contribution is 2.33. The van der Waals surface area contributed by atoms with Crippen LogP contribution in [0.4, 0.5) is 0 Å². The van der Waals surface area contributed by atoms with Crippen LogP contribution in [0.25, 0.3) is 0 Å². The number of nitrogens with one attached hydrogen (secondary N) is 1. The van der Waals surface area contributed by atoms with Crippen LogP contribution in [0.2, 0.25) is 0 Å². The van der Waals surface area contributed by atoms with Gasteiger partial charge in [-0.3, -0.25) is 4.79 Å². The van der Waals surface area contributed by atoms with Crippen LogP contribution in [0, 0.1) is 5.92 Å². The fraction of sp³-hybridized carbons (Fsp3) is 0.533. The lowest BCUT2D eigenvalue weighted by Crippen LogP contribution is -2.40. The Morgan fingerprint density at radius 3 is 2.53 bits per heavy atom. The fourth-order valence-corrected chi connectivity index (χ4v) is 1.96. The van der Waals surface area contributed by atoms with Gasteiger partial charge in [0.05, 0.1) is 0 Å². The Morgan fingerprint density at radius 1 is 1.29 bits per heavy atom. The standard InChI is InChI=1S/C15H21NO/c1-15(2,3)16-14(17)13-7-5-4-6-12(13)10-11-8-9-11/h4-7,11H,8-10H2,1-3H3,(H,16,17). The normalized spacial score (nSPS) is 15.7. The van der Waals surface area contributed by atoms with Crippen molar-refractivity contribution < 1.29 is 4.79 Å². The minimum absolute atomic E-state index is 0.0498. The van der Waals surface area contributed by atoms with Crippen molar-refractivity contribution in [3.05, 3.63) is 35.4 Å². The molecular weight excluding hydrogens is 210 g/mol. The smallest absolute Gasteiger partial charge is 0.251 e. The Balaban J connectivity index is 2.15. The van der Waals surface area contributed by atoms with Crippen LogP contribution >= 0.6 is 0 Å². The summed E-state index contributed by atoms with van der Waals surface area (Å²) in [6.07, 6.45) is 3.68. The average Bonchev–Trinajstić information content (AvgIpc) is 3.00. The fourth-order valence-electron chi connectivity index (χ4n) is 1.96. The van der Waals surface area contributed by atoms with E-state index in [-0.39, 0.29) is 11.4 Å². The zero-order valence-corrected chi connectivity index (χ0v) is 10.9. The van der Waals surface area contributed by atoms with Crippen molar-refractivity contribution in [3.8, 4) is 0 Å². The van der Waals surface area contributed by atoms with Crippen LogP contribution in [0.3, 0.4) is 0 Å². The minimum atomic E-state index is -0.177. The Hall–Kier alpha value is -1.31. The van der Waals surface area contributed by atoms with E-state index >= 15 is 0 Å². The van der Waals surface area contributed by atoms with E-state index in [2.05, 4.69) is 11.4 Å². The zero-order chi connectivity index (χ0) is 12.5. The molecule has 1 aliphatic rings. The molecule has 92 valence electrons. The molecule has 0 heterocycles. The molecule has 0 bridgehead atoms. The van der Waals surface area contributed by atoms with Gasteiger partial charge in [-0.25, -0.2) is 0 Å². The number of hydrogen-bond donors (Lipinski definition) is 1. The van der Waals surface area contributed by atoms with Crippen molar-refractivity contribution in [1.82, 2.24) is 5.32 Å². The SMILES string of the molecule is CC(C)(C)NC(=O)c1ccccc1CC1CC1. The first-order valence-electron chi connectivity index (χ1n) is 6.36. The van der Waals surface area contributed by atoms with Gasteiger partial charge in [0.15, 0.2) is 0 Å². The lowest BCUT2D eigenvalue weighted by atomic mass is 10.00. The molecule has 2 heteroatoms. The summed E-state index contributed by atoms with van der Waals surface area (Å²) in [4.78, 5) is 12.2. The third kappa shape index (κ3) is 3.58. The van der Waals surface area contributed by atoms with Gasteiger partial charge in [-0.05, 0) is 57.6 Å². The van der Waals surface area contributed by atoms with E-state index in [0.717, 1.165) is 17.9 Å². The number of benzene rings is 1. The van der Waals surface area contributed by atoms with Crippen LogP contribution in [-0.4, -0.2) is 11.4 Å². The van der Waals surface area contributed by atoms with Crippen LogP contribution in [0.1, 0.15) is 49.5 Å². The first-order valence-corrected chi connectivity index (χ1v) is 6.36. The van der Waals surface area contributed by atoms with Gasteiger partial charge >= 0.3 is 0 Å². The highest BCUT2D eigenvalue weighted by atomic mass is 16.1. The van der Waals surface area contributed by atoms with Crippen LogP contribution in [-0.2, 0) is 6.42 Å². The monoisotopic (exact) mass is 231 g/mol. The lowest BCUT2D eigenvalue weighted by Gasteiger charge is -2.21. The summed E-state index contributed by atoms with van der Waals surface area (Å²) < 4.78 is 0. The second kappa shape index (κ2) is 4.52. The Bertz CT molecular complexity index is 413. The highest BCUT2D eigenvalue weighted by Gasteiger charge is 2.24. The molecule has 0 aliphatic heterocycles. The Morgan fingerprint density at radius 2 is 1.94 bits per heavy atom. The Kier molecular flexibility index (Phi) is 3.23. The van der Waals surface area contributed by atoms with E-state index in [1.807, 2.05) is 39.0 Å². The van der Waals surface area contributed by atoms with E-state index in [4.69, 9.17) is 0 Å². The summed E-state index contributed by atoms with van der Waals surface area (Å²) in [5.41, 5.74) is 1.86. The van der Waals surface area contributed by atoms with Crippen LogP contribution in [0.15, 0.2) is 24.3 Å². The maximum absolute atomic E-state index is 12.2. The van der Waals surface area contributed by atoms with E-state index in [1.165, 1.54) is 18.4 Å². The molecule has 0 unspecified atom stereocenters. The molecular formula is C15H21NO. The average molecular weight is 231 g/mol. The predicted octanol–water partition coefficient (Wildman–Crippen LogP) is 3.17. The van der Waals surface area contributed by atoms with E-state index in [1.54, 1.807) is 0 Å². The molecule has 2 nitrogen and oxygen atoms in total. The Labute approximate surface area is 103 Å². The zero-order valence-electron chi connectivity index (χ0n) is 10.9. The molecule has 0 atom stereocenters. The van der Waals surface area contributed by atoms with Crippen LogP contribution < -0.4 is 5.32 Å². The quantitative estimate of drug-likeness (QED) is 0.850. The van der Waals surface area contributed by atoms with Gasteiger partial charge in [0.2, 0.25) is 0 Å². The van der Waals surface area contributed by atoms with Crippen LogP contribution in [0.5, 0.6) is 0 Å². The molecule has 1 amide bonds. The molecule has 1 aromatic rings. The molecule has 1 saturated carbocycles. The molecule has 1 fully saturated rings. The highest BCUT2D eigenvalue weighted by molar-refractivity contribution is 5.96. The number of carbonyl (C=O) groups excluding carboxylic acids is 1. The van der Waals surface area contributed by atoms with Crippen molar-refractivity contribution >= 4 is 5.91 Å². The molecule has 0 saturated heterocycles. The van der Waals surface area contributed by atoms with Gasteiger partial charge in [-0.1, -0.05) is 18.2 Å². The lowest BCUT2D eigenvalue weighted by molar-refractivity contribution is 0.0918. The summed E-state index contributed by atoms with van der Waals surface area (Å²) in [6.45, 7) is 6.03. The van der Waals surface area contributed by atoms with Gasteiger partial charge in [0, 0.05) is 11.1 Å². The molecule has 17 heavy (non-hydrogen) atoms. The van der Waals surface area contributed by atoms with E-state index in [9.17, 15) is 4.79 Å². The third-order valence-corrected chi connectivity index (χ3v) is 2.96. The largest absolute Gasteiger partial charge is 0.347 e. The van der Waals surface area contributed by atoms with E-state index in [0.29, 0.717) is 0 Å². The van der Waals surface area contributed by atoms with Gasteiger partial charge in [0.25, 0.3) is 5.91 Å². The van der Waals surface area contributed by atoms with Gasteiger partial charge in [-0.2, -0.15) is 0 Å². The molecule has 0 radical (unpaired) electrons. The maximum Gasteiger partial charge on any atom is 0.251 e. The summed E-state index contributed by atoms with van der Waals surface area (Å²) in [5.74, 6) is 0.854. The van der Waals surface area contributed by atoms with Gasteiger partial charge < -0.3 is 5.32 Å². The van der Waals surface area contributed by atoms with Gasteiger partial charge in [-0.15, -0.1) is 0 Å². The second-order valence-electron chi connectivity index (χ2n) is 6.01. The molecule has 2 rings (SSSR count). The summed E-state index contributed by atoms with van der Waals surface area (Å²) in [6, 6.07) is 7.97. The predicted molar refractivity (Wildman–Crippen MR) is 70.1 cm³/mol. The van der Waals surface area contributed by atoms with Crippen molar-refractivity contribution in [2.24, 2.45) is 5.92 Å². The van der Waals surface area contributed by atoms with Crippen molar-refractivity contribution in [2.75, 3.05) is 0 Å². The molecule has 0 aromatic heterocycles. The number of hydrogen-bond acceptors (Lipinski definition) is 1. The first-order chi connectivity index (χ1) is 7.96. The van der Waals surface area contributed by atoms with Gasteiger partial charge in [0.1, 0.15) is 0 Å². The second-order valence-corrected chi connectivity index (χ2v) is 6.01. The molecule has 1 aromatic carbocycles. The molecule has 1 aliphatic carbocycles. The van der Waals surface area contributed by atoms with E-state index < -0.39 is 0 Å².